The lowest BCUT2D eigenvalue weighted by atomic mass is 9.96. The molecule has 0 aliphatic carbocycles. The van der Waals surface area contributed by atoms with Gasteiger partial charge in [0.1, 0.15) is 6.04 Å². The van der Waals surface area contributed by atoms with Gasteiger partial charge in [0.05, 0.1) is 0 Å². The topological polar surface area (TPSA) is 65.7 Å². The number of nitrogens with zero attached hydrogens (tertiary/aromatic N) is 5. The average Bonchev–Trinajstić information content (AvgIpc) is 3.34. The lowest BCUT2D eigenvalue weighted by Crippen LogP contribution is -2.49. The fourth-order valence-corrected chi connectivity index (χ4v) is 4.08. The number of anilines is 2. The zero-order valence-electron chi connectivity index (χ0n) is 16.3. The highest BCUT2D eigenvalue weighted by Crippen LogP contribution is 2.31. The quantitative estimate of drug-likeness (QED) is 0.824. The lowest BCUT2D eigenvalue weighted by Gasteiger charge is -2.35. The molecule has 144 valence electrons. The summed E-state index contributed by atoms with van der Waals surface area (Å²) < 4.78 is 5.41. The summed E-state index contributed by atoms with van der Waals surface area (Å²) in [6, 6.07) is 8.26. The number of amides is 1. The first-order valence-electron chi connectivity index (χ1n) is 9.69. The van der Waals surface area contributed by atoms with E-state index in [1.165, 1.54) is 11.3 Å². The number of carbonyl (C=O) groups is 1. The largest absolute Gasteiger partial charge is 0.359 e. The number of hydrogen-bond acceptors (Lipinski definition) is 6. The second-order valence-corrected chi connectivity index (χ2v) is 7.67. The number of fused-ring (bicyclic) bond motifs is 1. The van der Waals surface area contributed by atoms with Crippen LogP contribution in [0.1, 0.15) is 37.1 Å². The summed E-state index contributed by atoms with van der Waals surface area (Å²) in [7, 11) is 3.79. The third kappa shape index (κ3) is 3.38. The van der Waals surface area contributed by atoms with Crippen molar-refractivity contribution in [1.82, 2.24) is 15.0 Å². The number of rotatable bonds is 4. The Bertz CT molecular complexity index is 810. The molecule has 1 aromatic carbocycles. The highest BCUT2D eigenvalue weighted by molar-refractivity contribution is 5.86. The summed E-state index contributed by atoms with van der Waals surface area (Å²) in [4.78, 5) is 23.6. The van der Waals surface area contributed by atoms with E-state index in [0.29, 0.717) is 11.8 Å². The first kappa shape index (κ1) is 17.8. The average molecular weight is 369 g/mol. The van der Waals surface area contributed by atoms with Gasteiger partial charge in [0.2, 0.25) is 11.8 Å². The monoisotopic (exact) mass is 369 g/mol. The molecular formula is C20H27N5O2. The zero-order chi connectivity index (χ0) is 19.0. The Morgan fingerprint density at radius 2 is 1.96 bits per heavy atom. The summed E-state index contributed by atoms with van der Waals surface area (Å²) in [5.41, 5.74) is 2.54. The lowest BCUT2D eigenvalue weighted by molar-refractivity contribution is -0.133. The van der Waals surface area contributed by atoms with Crippen molar-refractivity contribution >= 4 is 17.5 Å². The highest BCUT2D eigenvalue weighted by atomic mass is 16.5. The first-order valence-corrected chi connectivity index (χ1v) is 9.69. The van der Waals surface area contributed by atoms with Gasteiger partial charge in [0.25, 0.3) is 5.95 Å². The molecular weight excluding hydrogens is 342 g/mol. The van der Waals surface area contributed by atoms with Crippen molar-refractivity contribution < 1.29 is 9.32 Å². The van der Waals surface area contributed by atoms with Crippen LogP contribution in [0.3, 0.4) is 0 Å². The van der Waals surface area contributed by atoms with Crippen LogP contribution in [0.2, 0.25) is 0 Å². The molecule has 27 heavy (non-hydrogen) atoms. The van der Waals surface area contributed by atoms with Crippen LogP contribution in [0.4, 0.5) is 11.6 Å². The number of para-hydroxylation sites is 1. The van der Waals surface area contributed by atoms with E-state index in [2.05, 4.69) is 33.2 Å². The number of benzene rings is 1. The van der Waals surface area contributed by atoms with Crippen molar-refractivity contribution in [3.63, 3.8) is 0 Å². The minimum Gasteiger partial charge on any atom is -0.359 e. The zero-order valence-corrected chi connectivity index (χ0v) is 16.3. The van der Waals surface area contributed by atoms with E-state index in [1.54, 1.807) is 0 Å². The third-order valence-corrected chi connectivity index (χ3v) is 5.73. The van der Waals surface area contributed by atoms with Gasteiger partial charge in [-0.3, -0.25) is 4.79 Å². The minimum atomic E-state index is -0.131. The van der Waals surface area contributed by atoms with Crippen LogP contribution in [0.5, 0.6) is 0 Å². The molecule has 0 bridgehead atoms. The van der Waals surface area contributed by atoms with E-state index in [1.807, 2.05) is 36.9 Å². The molecule has 0 radical (unpaired) electrons. The van der Waals surface area contributed by atoms with Gasteiger partial charge in [-0.25, -0.2) is 0 Å². The van der Waals surface area contributed by atoms with Gasteiger partial charge in [-0.1, -0.05) is 18.2 Å². The van der Waals surface area contributed by atoms with Crippen LogP contribution >= 0.6 is 0 Å². The van der Waals surface area contributed by atoms with Gasteiger partial charge in [0, 0.05) is 45.3 Å². The van der Waals surface area contributed by atoms with Gasteiger partial charge in [-0.15, -0.1) is 0 Å². The van der Waals surface area contributed by atoms with Gasteiger partial charge in [0.15, 0.2) is 0 Å². The predicted molar refractivity (Wildman–Crippen MR) is 104 cm³/mol. The Morgan fingerprint density at radius 3 is 2.67 bits per heavy atom. The van der Waals surface area contributed by atoms with Crippen LogP contribution in [-0.4, -0.2) is 60.7 Å². The first-order chi connectivity index (χ1) is 13.0. The minimum absolute atomic E-state index is 0.131. The maximum absolute atomic E-state index is 13.1. The molecule has 1 unspecified atom stereocenters. The van der Waals surface area contributed by atoms with E-state index in [4.69, 9.17) is 4.52 Å². The molecule has 1 aromatic heterocycles. The molecule has 2 aliphatic rings. The third-order valence-electron chi connectivity index (χ3n) is 5.73. The predicted octanol–water partition coefficient (Wildman–Crippen LogP) is 2.29. The molecule has 7 heteroatoms. The molecule has 7 nitrogen and oxygen atoms in total. The second kappa shape index (κ2) is 7.21. The number of carbonyl (C=O) groups excluding carboxylic acids is 1. The van der Waals surface area contributed by atoms with Gasteiger partial charge < -0.3 is 19.2 Å². The molecule has 4 rings (SSSR count). The van der Waals surface area contributed by atoms with Crippen LogP contribution in [0, 0.1) is 0 Å². The number of likely N-dealkylation sites (tertiary alicyclic amines) is 1. The summed E-state index contributed by atoms with van der Waals surface area (Å²) >= 11 is 0. The van der Waals surface area contributed by atoms with E-state index in [-0.39, 0.29) is 17.9 Å². The summed E-state index contributed by atoms with van der Waals surface area (Å²) in [6.07, 6.45) is 2.75. The Balaban J connectivity index is 1.37. The maximum Gasteiger partial charge on any atom is 0.265 e. The van der Waals surface area contributed by atoms with Gasteiger partial charge in [-0.05, 0) is 43.0 Å². The van der Waals surface area contributed by atoms with Crippen molar-refractivity contribution in [3.05, 3.63) is 35.7 Å². The van der Waals surface area contributed by atoms with Crippen LogP contribution in [0.25, 0.3) is 0 Å². The molecule has 0 saturated carbocycles. The van der Waals surface area contributed by atoms with Crippen molar-refractivity contribution in [2.24, 2.45) is 0 Å². The fraction of sp³-hybridized carbons (Fsp3) is 0.550. The summed E-state index contributed by atoms with van der Waals surface area (Å²) in [5.74, 6) is 1.74. The smallest absolute Gasteiger partial charge is 0.265 e. The molecule has 0 spiro atoms. The molecule has 1 fully saturated rings. The molecule has 1 atom stereocenters. The second-order valence-electron chi connectivity index (χ2n) is 7.67. The Kier molecular flexibility index (Phi) is 4.76. The van der Waals surface area contributed by atoms with Gasteiger partial charge in [-0.2, -0.15) is 4.98 Å². The van der Waals surface area contributed by atoms with Crippen molar-refractivity contribution in [1.29, 1.82) is 0 Å². The van der Waals surface area contributed by atoms with E-state index < -0.39 is 0 Å². The molecule has 0 N–H and O–H groups in total. The molecule has 2 aliphatic heterocycles. The van der Waals surface area contributed by atoms with E-state index in [0.717, 1.165) is 38.9 Å². The summed E-state index contributed by atoms with van der Waals surface area (Å²) in [5, 5.41) is 4.00. The molecule has 2 aromatic rings. The molecule has 3 heterocycles. The Labute approximate surface area is 159 Å². The Hall–Kier alpha value is -2.57. The van der Waals surface area contributed by atoms with E-state index >= 15 is 0 Å². The summed E-state index contributed by atoms with van der Waals surface area (Å²) in [6.45, 7) is 4.42. The van der Waals surface area contributed by atoms with E-state index in [9.17, 15) is 4.79 Å². The van der Waals surface area contributed by atoms with Crippen molar-refractivity contribution in [2.45, 2.75) is 38.1 Å². The standard InChI is InChI=1S/C20H27N5O2/c1-14(25-13-10-15-6-4-5-7-17(15)25)19(26)24-11-8-16(9-12-24)18-21-20(22-27-18)23(2)3/h4-7,14,16H,8-13H2,1-3H3. The maximum atomic E-state index is 13.1. The molecule has 1 amide bonds. The number of hydrogen-bond donors (Lipinski definition) is 0. The van der Waals surface area contributed by atoms with Crippen molar-refractivity contribution in [3.8, 4) is 0 Å². The fourth-order valence-electron chi connectivity index (χ4n) is 4.08. The highest BCUT2D eigenvalue weighted by Gasteiger charge is 2.33. The van der Waals surface area contributed by atoms with Crippen LogP contribution in [0.15, 0.2) is 28.8 Å². The number of piperidine rings is 1. The van der Waals surface area contributed by atoms with Crippen LogP contribution in [-0.2, 0) is 11.2 Å². The number of aromatic nitrogens is 2. The SMILES string of the molecule is CC(C(=O)N1CCC(c2nc(N(C)C)no2)CC1)N1CCc2ccccc21. The Morgan fingerprint density at radius 1 is 1.22 bits per heavy atom. The normalized spacial score (nSPS) is 18.5. The van der Waals surface area contributed by atoms with Crippen molar-refractivity contribution in [2.75, 3.05) is 43.5 Å². The van der Waals surface area contributed by atoms with Gasteiger partial charge >= 0.3 is 0 Å². The van der Waals surface area contributed by atoms with Crippen LogP contribution < -0.4 is 9.80 Å². The molecule has 1 saturated heterocycles.